The zero-order chi connectivity index (χ0) is 21.0. The zero-order valence-electron chi connectivity index (χ0n) is 16.1. The van der Waals surface area contributed by atoms with Crippen molar-refractivity contribution in [2.45, 2.75) is 18.7 Å². The molecular formula is C22H21FN2O3S. The highest BCUT2D eigenvalue weighted by Crippen LogP contribution is 2.27. The molecule has 0 bridgehead atoms. The average molecular weight is 412 g/mol. The highest BCUT2D eigenvalue weighted by atomic mass is 32.2. The SMILES string of the molecule is Cc1ccc(S(=O)(=O)N(CC(=O)Nc2cccc(F)c2)c2ccccc2C)cc1. The Balaban J connectivity index is 1.96. The van der Waals surface area contributed by atoms with Crippen LogP contribution >= 0.6 is 0 Å². The van der Waals surface area contributed by atoms with Crippen LogP contribution in [0.1, 0.15) is 11.1 Å². The monoisotopic (exact) mass is 412 g/mol. The lowest BCUT2D eigenvalue weighted by atomic mass is 10.2. The standard InChI is InChI=1S/C22H21FN2O3S/c1-16-10-12-20(13-11-16)29(27,28)25(21-9-4-3-6-17(21)2)15-22(26)24-19-8-5-7-18(23)14-19/h3-14H,15H2,1-2H3,(H,24,26). The van der Waals surface area contributed by atoms with Crippen LogP contribution in [0.3, 0.4) is 0 Å². The van der Waals surface area contributed by atoms with Crippen LogP contribution in [0, 0.1) is 19.7 Å². The van der Waals surface area contributed by atoms with Crippen molar-refractivity contribution in [1.82, 2.24) is 0 Å². The number of carbonyl (C=O) groups is 1. The number of nitrogens with one attached hydrogen (secondary N) is 1. The molecular weight excluding hydrogens is 391 g/mol. The molecule has 1 N–H and O–H groups in total. The van der Waals surface area contributed by atoms with Gasteiger partial charge in [-0.3, -0.25) is 9.10 Å². The molecule has 29 heavy (non-hydrogen) atoms. The summed E-state index contributed by atoms with van der Waals surface area (Å²) >= 11 is 0. The second-order valence-electron chi connectivity index (χ2n) is 6.67. The number of aryl methyl sites for hydroxylation is 2. The number of halogens is 1. The number of rotatable bonds is 6. The molecule has 3 rings (SSSR count). The van der Waals surface area contributed by atoms with Gasteiger partial charge in [0.25, 0.3) is 10.0 Å². The van der Waals surface area contributed by atoms with E-state index in [0.29, 0.717) is 11.3 Å². The summed E-state index contributed by atoms with van der Waals surface area (Å²) in [7, 11) is -3.99. The maximum atomic E-state index is 13.4. The lowest BCUT2D eigenvalue weighted by Crippen LogP contribution is -2.38. The Morgan fingerprint density at radius 3 is 2.31 bits per heavy atom. The van der Waals surface area contributed by atoms with Gasteiger partial charge in [-0.15, -0.1) is 0 Å². The van der Waals surface area contributed by atoms with Crippen molar-refractivity contribution in [2.75, 3.05) is 16.2 Å². The molecule has 7 heteroatoms. The van der Waals surface area contributed by atoms with E-state index in [1.165, 1.54) is 36.4 Å². The minimum Gasteiger partial charge on any atom is -0.324 e. The fourth-order valence-corrected chi connectivity index (χ4v) is 4.36. The van der Waals surface area contributed by atoms with E-state index in [1.54, 1.807) is 43.3 Å². The largest absolute Gasteiger partial charge is 0.324 e. The molecule has 0 unspecified atom stereocenters. The van der Waals surface area contributed by atoms with Crippen LogP contribution in [-0.4, -0.2) is 20.9 Å². The number of carbonyl (C=O) groups excluding carboxylic acids is 1. The highest BCUT2D eigenvalue weighted by Gasteiger charge is 2.28. The van der Waals surface area contributed by atoms with Crippen molar-refractivity contribution < 1.29 is 17.6 Å². The molecule has 0 fully saturated rings. The topological polar surface area (TPSA) is 66.5 Å². The first-order valence-corrected chi connectivity index (χ1v) is 10.4. The Kier molecular flexibility index (Phi) is 5.98. The Labute approximate surface area is 169 Å². The number of hydrogen-bond donors (Lipinski definition) is 1. The highest BCUT2D eigenvalue weighted by molar-refractivity contribution is 7.92. The van der Waals surface area contributed by atoms with Crippen LogP contribution in [0.25, 0.3) is 0 Å². The number of hydrogen-bond acceptors (Lipinski definition) is 3. The van der Waals surface area contributed by atoms with Crippen molar-refractivity contribution >= 4 is 27.3 Å². The maximum Gasteiger partial charge on any atom is 0.264 e. The quantitative estimate of drug-likeness (QED) is 0.657. The summed E-state index contributed by atoms with van der Waals surface area (Å²) in [6, 6.07) is 18.8. The molecule has 0 aliphatic rings. The Hall–Kier alpha value is -3.19. The van der Waals surface area contributed by atoms with Crippen LogP contribution in [0.2, 0.25) is 0 Å². The molecule has 0 saturated heterocycles. The summed E-state index contributed by atoms with van der Waals surface area (Å²) in [5.74, 6) is -1.07. The van der Waals surface area contributed by atoms with Crippen molar-refractivity contribution in [3.63, 3.8) is 0 Å². The molecule has 0 aromatic heterocycles. The van der Waals surface area contributed by atoms with Gasteiger partial charge in [-0.2, -0.15) is 0 Å². The first kappa shape index (κ1) is 20.5. The number of para-hydroxylation sites is 1. The third kappa shape index (κ3) is 4.81. The summed E-state index contributed by atoms with van der Waals surface area (Å²) in [4.78, 5) is 12.7. The van der Waals surface area contributed by atoms with Gasteiger partial charge in [-0.1, -0.05) is 42.0 Å². The Morgan fingerprint density at radius 1 is 0.966 bits per heavy atom. The van der Waals surface area contributed by atoms with Gasteiger partial charge in [0.1, 0.15) is 12.4 Å². The van der Waals surface area contributed by atoms with Gasteiger partial charge in [0.15, 0.2) is 0 Å². The number of sulfonamides is 1. The molecule has 0 aliphatic carbocycles. The smallest absolute Gasteiger partial charge is 0.264 e. The molecule has 3 aromatic carbocycles. The van der Waals surface area contributed by atoms with E-state index >= 15 is 0 Å². The summed E-state index contributed by atoms with van der Waals surface area (Å²) in [6.07, 6.45) is 0. The van der Waals surface area contributed by atoms with Crippen molar-refractivity contribution in [3.8, 4) is 0 Å². The molecule has 0 spiro atoms. The van der Waals surface area contributed by atoms with Gasteiger partial charge in [-0.05, 0) is 55.8 Å². The fourth-order valence-electron chi connectivity index (χ4n) is 2.88. The zero-order valence-corrected chi connectivity index (χ0v) is 16.9. The summed E-state index contributed by atoms with van der Waals surface area (Å²) in [5.41, 5.74) is 2.30. The number of anilines is 2. The third-order valence-electron chi connectivity index (χ3n) is 4.39. The fraction of sp³-hybridized carbons (Fsp3) is 0.136. The van der Waals surface area contributed by atoms with Crippen LogP contribution in [0.5, 0.6) is 0 Å². The van der Waals surface area contributed by atoms with Gasteiger partial charge >= 0.3 is 0 Å². The molecule has 0 saturated carbocycles. The van der Waals surface area contributed by atoms with Crippen LogP contribution < -0.4 is 9.62 Å². The molecule has 1 amide bonds. The van der Waals surface area contributed by atoms with E-state index in [0.717, 1.165) is 9.87 Å². The molecule has 3 aromatic rings. The molecule has 0 aliphatic heterocycles. The Bertz CT molecular complexity index is 1130. The summed E-state index contributed by atoms with van der Waals surface area (Å²) in [6.45, 7) is 3.19. The first-order chi connectivity index (χ1) is 13.8. The molecule has 0 atom stereocenters. The predicted molar refractivity (Wildman–Crippen MR) is 112 cm³/mol. The molecule has 0 radical (unpaired) electrons. The third-order valence-corrected chi connectivity index (χ3v) is 6.16. The van der Waals surface area contributed by atoms with E-state index < -0.39 is 28.3 Å². The normalized spacial score (nSPS) is 11.1. The second-order valence-corrected chi connectivity index (χ2v) is 8.53. The van der Waals surface area contributed by atoms with Gasteiger partial charge in [0, 0.05) is 5.69 Å². The molecule has 0 heterocycles. The number of benzene rings is 3. The van der Waals surface area contributed by atoms with Crippen molar-refractivity contribution in [2.24, 2.45) is 0 Å². The van der Waals surface area contributed by atoms with Crippen LogP contribution in [0.4, 0.5) is 15.8 Å². The minimum absolute atomic E-state index is 0.0879. The maximum absolute atomic E-state index is 13.4. The minimum atomic E-state index is -3.99. The predicted octanol–water partition coefficient (Wildman–Crippen LogP) is 4.28. The van der Waals surface area contributed by atoms with Gasteiger partial charge < -0.3 is 5.32 Å². The van der Waals surface area contributed by atoms with E-state index in [2.05, 4.69) is 5.32 Å². The van der Waals surface area contributed by atoms with Gasteiger partial charge in [0.05, 0.1) is 10.6 Å². The van der Waals surface area contributed by atoms with Crippen molar-refractivity contribution in [1.29, 1.82) is 0 Å². The molecule has 5 nitrogen and oxygen atoms in total. The van der Waals surface area contributed by atoms with E-state index in [4.69, 9.17) is 0 Å². The van der Waals surface area contributed by atoms with Crippen LogP contribution in [-0.2, 0) is 14.8 Å². The summed E-state index contributed by atoms with van der Waals surface area (Å²) in [5, 5.41) is 2.55. The average Bonchev–Trinajstić information content (AvgIpc) is 2.67. The Morgan fingerprint density at radius 2 is 1.66 bits per heavy atom. The molecule has 150 valence electrons. The lowest BCUT2D eigenvalue weighted by molar-refractivity contribution is -0.114. The lowest BCUT2D eigenvalue weighted by Gasteiger charge is -2.25. The van der Waals surface area contributed by atoms with Crippen molar-refractivity contribution in [3.05, 3.63) is 89.7 Å². The summed E-state index contributed by atoms with van der Waals surface area (Å²) < 4.78 is 41.1. The van der Waals surface area contributed by atoms with Gasteiger partial charge in [0.2, 0.25) is 5.91 Å². The number of amides is 1. The second kappa shape index (κ2) is 8.45. The van der Waals surface area contributed by atoms with E-state index in [-0.39, 0.29) is 10.6 Å². The number of nitrogens with zero attached hydrogens (tertiary/aromatic N) is 1. The van der Waals surface area contributed by atoms with Crippen LogP contribution in [0.15, 0.2) is 77.7 Å². The van der Waals surface area contributed by atoms with Gasteiger partial charge in [-0.25, -0.2) is 12.8 Å². The van der Waals surface area contributed by atoms with E-state index in [9.17, 15) is 17.6 Å². The first-order valence-electron chi connectivity index (χ1n) is 8.98. The van der Waals surface area contributed by atoms with E-state index in [1.807, 2.05) is 6.92 Å².